The van der Waals surface area contributed by atoms with Crippen LogP contribution in [0.2, 0.25) is 0 Å². The lowest BCUT2D eigenvalue weighted by Gasteiger charge is -2.39. The molecule has 0 saturated carbocycles. The number of nitrogens with two attached hydrogens (primary N) is 1. The van der Waals surface area contributed by atoms with E-state index in [4.69, 9.17) is 5.73 Å². The SMILES string of the molecule is CC1CCN(c2cc3c(cc2N)CCC(=O)N3)C(C)C1. The number of nitrogen functional groups attached to an aromatic ring is 1. The summed E-state index contributed by atoms with van der Waals surface area (Å²) in [6.45, 7) is 5.61. The first-order valence-electron chi connectivity index (χ1n) is 7.53. The lowest BCUT2D eigenvalue weighted by Crippen LogP contribution is -2.40. The van der Waals surface area contributed by atoms with E-state index in [0.717, 1.165) is 41.5 Å². The summed E-state index contributed by atoms with van der Waals surface area (Å²) in [5.74, 6) is 0.883. The van der Waals surface area contributed by atoms with Gasteiger partial charge in [-0.05, 0) is 49.8 Å². The fraction of sp³-hybridized carbons (Fsp3) is 0.562. The molecule has 1 aromatic carbocycles. The first-order valence-corrected chi connectivity index (χ1v) is 7.53. The van der Waals surface area contributed by atoms with Crippen LogP contribution in [0.4, 0.5) is 17.1 Å². The number of rotatable bonds is 1. The molecule has 1 aromatic rings. The largest absolute Gasteiger partial charge is 0.397 e. The summed E-state index contributed by atoms with van der Waals surface area (Å²) in [5, 5.41) is 2.97. The van der Waals surface area contributed by atoms with Gasteiger partial charge in [0.2, 0.25) is 5.91 Å². The van der Waals surface area contributed by atoms with Gasteiger partial charge in [-0.15, -0.1) is 0 Å². The molecular weight excluding hydrogens is 250 g/mol. The summed E-state index contributed by atoms with van der Waals surface area (Å²) >= 11 is 0. The van der Waals surface area contributed by atoms with Gasteiger partial charge in [0.15, 0.2) is 0 Å². The molecule has 3 rings (SSSR count). The summed E-state index contributed by atoms with van der Waals surface area (Å²) in [6.07, 6.45) is 3.75. The molecule has 1 fully saturated rings. The predicted molar refractivity (Wildman–Crippen MR) is 83.0 cm³/mol. The molecule has 1 amide bonds. The second kappa shape index (κ2) is 5.00. The average Bonchev–Trinajstić information content (AvgIpc) is 2.39. The van der Waals surface area contributed by atoms with Crippen molar-refractivity contribution in [2.75, 3.05) is 22.5 Å². The van der Waals surface area contributed by atoms with Crippen molar-refractivity contribution in [2.45, 2.75) is 45.6 Å². The lowest BCUT2D eigenvalue weighted by atomic mass is 9.92. The first kappa shape index (κ1) is 13.3. The van der Waals surface area contributed by atoms with Crippen LogP contribution in [0, 0.1) is 5.92 Å². The van der Waals surface area contributed by atoms with Gasteiger partial charge in [0.25, 0.3) is 0 Å². The van der Waals surface area contributed by atoms with Crippen LogP contribution in [0.3, 0.4) is 0 Å². The van der Waals surface area contributed by atoms with E-state index in [-0.39, 0.29) is 5.91 Å². The van der Waals surface area contributed by atoms with Crippen LogP contribution in [0.1, 0.15) is 38.7 Å². The molecule has 2 unspecified atom stereocenters. The smallest absolute Gasteiger partial charge is 0.224 e. The Morgan fingerprint density at radius 3 is 2.85 bits per heavy atom. The molecule has 2 aliphatic rings. The second-order valence-electron chi connectivity index (χ2n) is 6.29. The molecule has 1 saturated heterocycles. The highest BCUT2D eigenvalue weighted by Crippen LogP contribution is 2.36. The summed E-state index contributed by atoms with van der Waals surface area (Å²) in [7, 11) is 0. The Labute approximate surface area is 120 Å². The second-order valence-corrected chi connectivity index (χ2v) is 6.29. The molecule has 0 radical (unpaired) electrons. The fourth-order valence-electron chi connectivity index (χ4n) is 3.45. The van der Waals surface area contributed by atoms with Crippen molar-refractivity contribution in [1.29, 1.82) is 0 Å². The van der Waals surface area contributed by atoms with Gasteiger partial charge in [-0.2, -0.15) is 0 Å². The number of carbonyl (C=O) groups is 1. The molecule has 2 heterocycles. The topological polar surface area (TPSA) is 58.4 Å². The van der Waals surface area contributed by atoms with Crippen molar-refractivity contribution in [2.24, 2.45) is 5.92 Å². The number of anilines is 3. The van der Waals surface area contributed by atoms with Gasteiger partial charge >= 0.3 is 0 Å². The van der Waals surface area contributed by atoms with E-state index in [2.05, 4.69) is 30.1 Å². The minimum Gasteiger partial charge on any atom is -0.397 e. The highest BCUT2D eigenvalue weighted by atomic mass is 16.1. The number of fused-ring (bicyclic) bond motifs is 1. The number of amides is 1. The van der Waals surface area contributed by atoms with Crippen LogP contribution in [-0.4, -0.2) is 18.5 Å². The normalized spacial score (nSPS) is 26.1. The molecule has 4 nitrogen and oxygen atoms in total. The molecule has 4 heteroatoms. The zero-order chi connectivity index (χ0) is 14.3. The van der Waals surface area contributed by atoms with Crippen molar-refractivity contribution in [1.82, 2.24) is 0 Å². The van der Waals surface area contributed by atoms with Gasteiger partial charge in [0, 0.05) is 24.7 Å². The number of hydrogen-bond donors (Lipinski definition) is 2. The van der Waals surface area contributed by atoms with E-state index in [1.807, 2.05) is 6.07 Å². The van der Waals surface area contributed by atoms with Gasteiger partial charge in [-0.1, -0.05) is 6.92 Å². The van der Waals surface area contributed by atoms with Gasteiger partial charge in [0.05, 0.1) is 11.4 Å². The Morgan fingerprint density at radius 2 is 2.10 bits per heavy atom. The van der Waals surface area contributed by atoms with Gasteiger partial charge < -0.3 is 16.0 Å². The number of carbonyl (C=O) groups excluding carboxylic acids is 1. The highest BCUT2D eigenvalue weighted by Gasteiger charge is 2.26. The van der Waals surface area contributed by atoms with E-state index >= 15 is 0 Å². The molecule has 2 atom stereocenters. The first-order chi connectivity index (χ1) is 9.54. The van der Waals surface area contributed by atoms with Crippen LogP contribution >= 0.6 is 0 Å². The molecular formula is C16H23N3O. The van der Waals surface area contributed by atoms with Crippen LogP contribution in [0.25, 0.3) is 0 Å². The van der Waals surface area contributed by atoms with Crippen molar-refractivity contribution in [3.8, 4) is 0 Å². The number of aryl methyl sites for hydroxylation is 1. The van der Waals surface area contributed by atoms with Gasteiger partial charge in [-0.3, -0.25) is 4.79 Å². The monoisotopic (exact) mass is 273 g/mol. The highest BCUT2D eigenvalue weighted by molar-refractivity contribution is 5.95. The Balaban J connectivity index is 1.93. The maximum atomic E-state index is 11.5. The van der Waals surface area contributed by atoms with Crippen molar-refractivity contribution in [3.63, 3.8) is 0 Å². The van der Waals surface area contributed by atoms with Crippen LogP contribution in [0.5, 0.6) is 0 Å². The third-order valence-corrected chi connectivity index (χ3v) is 4.60. The number of hydrogen-bond acceptors (Lipinski definition) is 3. The van der Waals surface area contributed by atoms with Crippen molar-refractivity contribution in [3.05, 3.63) is 17.7 Å². The Hall–Kier alpha value is -1.71. The van der Waals surface area contributed by atoms with Gasteiger partial charge in [-0.25, -0.2) is 0 Å². The van der Waals surface area contributed by atoms with Crippen LogP contribution < -0.4 is 16.0 Å². The third-order valence-electron chi connectivity index (χ3n) is 4.60. The fourth-order valence-corrected chi connectivity index (χ4v) is 3.45. The number of piperidine rings is 1. The minimum atomic E-state index is 0.105. The van der Waals surface area contributed by atoms with Crippen molar-refractivity contribution >= 4 is 23.0 Å². The van der Waals surface area contributed by atoms with Crippen LogP contribution in [-0.2, 0) is 11.2 Å². The Bertz CT molecular complexity index is 541. The molecule has 0 aromatic heterocycles. The molecule has 0 spiro atoms. The Morgan fingerprint density at radius 1 is 1.30 bits per heavy atom. The summed E-state index contributed by atoms with van der Waals surface area (Å²) in [5.41, 5.74) is 10.3. The molecule has 0 bridgehead atoms. The van der Waals surface area contributed by atoms with E-state index in [9.17, 15) is 4.79 Å². The number of benzene rings is 1. The molecule has 2 aliphatic heterocycles. The van der Waals surface area contributed by atoms with E-state index in [1.54, 1.807) is 0 Å². The Kier molecular flexibility index (Phi) is 3.32. The average molecular weight is 273 g/mol. The zero-order valence-electron chi connectivity index (χ0n) is 12.3. The van der Waals surface area contributed by atoms with E-state index in [0.29, 0.717) is 12.5 Å². The maximum Gasteiger partial charge on any atom is 0.224 e. The van der Waals surface area contributed by atoms with Gasteiger partial charge in [0.1, 0.15) is 0 Å². The minimum absolute atomic E-state index is 0.105. The zero-order valence-corrected chi connectivity index (χ0v) is 12.3. The summed E-state index contributed by atoms with van der Waals surface area (Å²) in [6, 6.07) is 4.60. The summed E-state index contributed by atoms with van der Waals surface area (Å²) < 4.78 is 0. The lowest BCUT2D eigenvalue weighted by molar-refractivity contribution is -0.116. The van der Waals surface area contributed by atoms with E-state index < -0.39 is 0 Å². The quantitative estimate of drug-likeness (QED) is 0.774. The standard InChI is InChI=1S/C16H23N3O/c1-10-5-6-19(11(2)7-10)15-9-14-12(8-13(15)17)3-4-16(20)18-14/h8-11H,3-7,17H2,1-2H3,(H,18,20). The number of nitrogens with one attached hydrogen (secondary N) is 1. The molecule has 3 N–H and O–H groups in total. The molecule has 108 valence electrons. The van der Waals surface area contributed by atoms with Crippen LogP contribution in [0.15, 0.2) is 12.1 Å². The van der Waals surface area contributed by atoms with E-state index in [1.165, 1.54) is 12.8 Å². The summed E-state index contributed by atoms with van der Waals surface area (Å²) in [4.78, 5) is 13.9. The maximum absolute atomic E-state index is 11.5. The predicted octanol–water partition coefficient (Wildman–Crippen LogP) is 2.78. The molecule has 20 heavy (non-hydrogen) atoms. The molecule has 0 aliphatic carbocycles. The third kappa shape index (κ3) is 2.35. The van der Waals surface area contributed by atoms with Crippen molar-refractivity contribution < 1.29 is 4.79 Å². The number of nitrogens with zero attached hydrogens (tertiary/aromatic N) is 1.